The minimum absolute atomic E-state index is 0.0245. The molecule has 2 N–H and O–H groups in total. The third-order valence-corrected chi connectivity index (χ3v) is 4.36. The van der Waals surface area contributed by atoms with Crippen LogP contribution in [0.25, 0.3) is 0 Å². The Hall–Kier alpha value is -1.07. The fraction of sp³-hybridized carbons (Fsp3) is 0.467. The molecule has 2 atom stereocenters. The van der Waals surface area contributed by atoms with E-state index < -0.39 is 0 Å². The van der Waals surface area contributed by atoms with Crippen molar-refractivity contribution in [3.63, 3.8) is 0 Å². The molecular formula is C15H21NO2S2. The summed E-state index contributed by atoms with van der Waals surface area (Å²) in [4.78, 5) is 12.2. The summed E-state index contributed by atoms with van der Waals surface area (Å²) in [6.07, 6.45) is 0.808. The van der Waals surface area contributed by atoms with Crippen LogP contribution in [0.5, 0.6) is 0 Å². The van der Waals surface area contributed by atoms with Crippen LogP contribution in [0.3, 0.4) is 0 Å². The van der Waals surface area contributed by atoms with Gasteiger partial charge in [-0.2, -0.15) is 0 Å². The molecule has 20 heavy (non-hydrogen) atoms. The zero-order chi connectivity index (χ0) is 15.1. The van der Waals surface area contributed by atoms with Crippen LogP contribution in [-0.4, -0.2) is 22.3 Å². The van der Waals surface area contributed by atoms with Crippen molar-refractivity contribution in [2.45, 2.75) is 44.3 Å². The second-order valence-corrected chi connectivity index (χ2v) is 6.44. The number of ether oxygens (including phenoxy) is 1. The van der Waals surface area contributed by atoms with E-state index in [9.17, 15) is 4.79 Å². The molecule has 1 aromatic carbocycles. The molecule has 0 radical (unpaired) electrons. The lowest BCUT2D eigenvalue weighted by atomic mass is 10.1. The first-order valence-corrected chi connectivity index (χ1v) is 8.10. The normalized spacial score (nSPS) is 13.6. The molecule has 0 amide bonds. The Morgan fingerprint density at radius 2 is 2.15 bits per heavy atom. The van der Waals surface area contributed by atoms with Gasteiger partial charge in [0, 0.05) is 11.3 Å². The molecule has 5 heteroatoms. The molecular weight excluding hydrogens is 290 g/mol. The Balaban J connectivity index is 2.52. The van der Waals surface area contributed by atoms with E-state index in [1.807, 2.05) is 45.0 Å². The molecule has 0 saturated heterocycles. The van der Waals surface area contributed by atoms with E-state index in [1.54, 1.807) is 11.8 Å². The minimum Gasteiger partial charge on any atom is -0.462 e. The fourth-order valence-electron chi connectivity index (χ4n) is 1.48. The van der Waals surface area contributed by atoms with Crippen LogP contribution in [0.4, 0.5) is 0 Å². The molecule has 2 unspecified atom stereocenters. The van der Waals surface area contributed by atoms with Gasteiger partial charge >= 0.3 is 5.97 Å². The quantitative estimate of drug-likeness (QED) is 0.618. The number of thioether (sulfide) groups is 1. The number of hydrogen-bond donors (Lipinski definition) is 1. The van der Waals surface area contributed by atoms with Crippen molar-refractivity contribution in [3.8, 4) is 0 Å². The number of carbonyl (C=O) groups is 1. The van der Waals surface area contributed by atoms with Crippen molar-refractivity contribution in [3.05, 3.63) is 35.4 Å². The van der Waals surface area contributed by atoms with Gasteiger partial charge in [0.15, 0.2) is 0 Å². The summed E-state index contributed by atoms with van der Waals surface area (Å²) in [6.45, 7) is 5.77. The van der Waals surface area contributed by atoms with Crippen molar-refractivity contribution in [1.29, 1.82) is 0 Å². The summed E-state index contributed by atoms with van der Waals surface area (Å²) in [5, 5.41) is -0.183. The molecule has 0 aliphatic heterocycles. The SMILES string of the molecule is CCC(C)OC(=O)C(C)SCc1cccc(C(N)=S)c1. The highest BCUT2D eigenvalue weighted by Crippen LogP contribution is 2.20. The van der Waals surface area contributed by atoms with Crippen molar-refractivity contribution in [2.75, 3.05) is 0 Å². The Kier molecular flexibility index (Phi) is 7.02. The maximum Gasteiger partial charge on any atom is 0.319 e. The fourth-order valence-corrected chi connectivity index (χ4v) is 2.42. The second-order valence-electron chi connectivity index (χ2n) is 4.67. The first-order chi connectivity index (χ1) is 9.43. The number of carbonyl (C=O) groups excluding carboxylic acids is 1. The predicted octanol–water partition coefficient (Wildman–Crippen LogP) is 3.28. The van der Waals surface area contributed by atoms with Gasteiger partial charge in [-0.3, -0.25) is 4.79 Å². The molecule has 0 spiro atoms. The molecule has 0 aliphatic carbocycles. The number of hydrogen-bond acceptors (Lipinski definition) is 4. The van der Waals surface area contributed by atoms with E-state index in [4.69, 9.17) is 22.7 Å². The second kappa shape index (κ2) is 8.27. The monoisotopic (exact) mass is 311 g/mol. The molecule has 0 heterocycles. The van der Waals surface area contributed by atoms with Crippen molar-refractivity contribution >= 4 is 34.9 Å². The maximum absolute atomic E-state index is 11.8. The van der Waals surface area contributed by atoms with Crippen molar-refractivity contribution < 1.29 is 9.53 Å². The van der Waals surface area contributed by atoms with E-state index in [0.29, 0.717) is 4.99 Å². The minimum atomic E-state index is -0.183. The standard InChI is InChI=1S/C15H21NO2S2/c1-4-10(2)18-15(17)11(3)20-9-12-6-5-7-13(8-12)14(16)19/h5-8,10-11H,4,9H2,1-3H3,(H2,16,19). The highest BCUT2D eigenvalue weighted by Gasteiger charge is 2.17. The van der Waals surface area contributed by atoms with Gasteiger partial charge in [-0.1, -0.05) is 37.3 Å². The average Bonchev–Trinajstić information content (AvgIpc) is 2.44. The highest BCUT2D eigenvalue weighted by atomic mass is 32.2. The van der Waals surface area contributed by atoms with Crippen LogP contribution in [0, 0.1) is 0 Å². The first-order valence-electron chi connectivity index (χ1n) is 6.64. The molecule has 0 aromatic heterocycles. The Labute approximate surface area is 130 Å². The number of rotatable bonds is 7. The van der Waals surface area contributed by atoms with E-state index in [1.165, 1.54) is 0 Å². The van der Waals surface area contributed by atoms with E-state index in [2.05, 4.69) is 0 Å². The lowest BCUT2D eigenvalue weighted by molar-refractivity contribution is -0.147. The summed E-state index contributed by atoms with van der Waals surface area (Å²) in [6, 6.07) is 7.77. The number of esters is 1. The molecule has 1 aromatic rings. The lowest BCUT2D eigenvalue weighted by Crippen LogP contribution is -2.22. The lowest BCUT2D eigenvalue weighted by Gasteiger charge is -2.15. The van der Waals surface area contributed by atoms with E-state index in [0.717, 1.165) is 23.3 Å². The molecule has 0 fully saturated rings. The molecule has 110 valence electrons. The molecule has 3 nitrogen and oxygen atoms in total. The van der Waals surface area contributed by atoms with E-state index >= 15 is 0 Å². The predicted molar refractivity (Wildman–Crippen MR) is 88.9 cm³/mol. The Morgan fingerprint density at radius 1 is 1.45 bits per heavy atom. The zero-order valence-corrected chi connectivity index (χ0v) is 13.7. The smallest absolute Gasteiger partial charge is 0.319 e. The van der Waals surface area contributed by atoms with Gasteiger partial charge in [0.05, 0.1) is 11.4 Å². The van der Waals surface area contributed by atoms with Crippen LogP contribution in [0.1, 0.15) is 38.3 Å². The third-order valence-electron chi connectivity index (χ3n) is 2.94. The van der Waals surface area contributed by atoms with Crippen molar-refractivity contribution in [1.82, 2.24) is 0 Å². The van der Waals surface area contributed by atoms with E-state index in [-0.39, 0.29) is 17.3 Å². The van der Waals surface area contributed by atoms with Crippen LogP contribution >= 0.6 is 24.0 Å². The van der Waals surface area contributed by atoms with Crippen LogP contribution in [-0.2, 0) is 15.3 Å². The molecule has 0 aliphatic rings. The average molecular weight is 311 g/mol. The first kappa shape index (κ1) is 17.0. The summed E-state index contributed by atoms with van der Waals surface area (Å²) < 4.78 is 5.31. The van der Waals surface area contributed by atoms with Gasteiger partial charge in [0.2, 0.25) is 0 Å². The van der Waals surface area contributed by atoms with Crippen molar-refractivity contribution in [2.24, 2.45) is 5.73 Å². The third kappa shape index (κ3) is 5.51. The molecule has 1 rings (SSSR count). The summed E-state index contributed by atoms with van der Waals surface area (Å²) in [5.41, 5.74) is 7.56. The topological polar surface area (TPSA) is 52.3 Å². The number of benzene rings is 1. The van der Waals surface area contributed by atoms with Gasteiger partial charge in [-0.15, -0.1) is 11.8 Å². The van der Waals surface area contributed by atoms with Gasteiger partial charge < -0.3 is 10.5 Å². The molecule has 0 bridgehead atoms. The van der Waals surface area contributed by atoms with Gasteiger partial charge in [-0.05, 0) is 31.9 Å². The Bertz CT molecular complexity index is 477. The maximum atomic E-state index is 11.8. The van der Waals surface area contributed by atoms with Crippen LogP contribution in [0.15, 0.2) is 24.3 Å². The Morgan fingerprint density at radius 3 is 2.75 bits per heavy atom. The number of nitrogens with two attached hydrogens (primary N) is 1. The molecule has 0 saturated carbocycles. The van der Waals surface area contributed by atoms with Crippen LogP contribution < -0.4 is 5.73 Å². The van der Waals surface area contributed by atoms with Gasteiger partial charge in [0.1, 0.15) is 4.99 Å². The summed E-state index contributed by atoms with van der Waals surface area (Å²) in [7, 11) is 0. The van der Waals surface area contributed by atoms with Gasteiger partial charge in [0.25, 0.3) is 0 Å². The summed E-state index contributed by atoms with van der Waals surface area (Å²) in [5.74, 6) is 0.572. The van der Waals surface area contributed by atoms with Gasteiger partial charge in [-0.25, -0.2) is 0 Å². The highest BCUT2D eigenvalue weighted by molar-refractivity contribution is 7.99. The summed E-state index contributed by atoms with van der Waals surface area (Å²) >= 11 is 6.51. The zero-order valence-electron chi connectivity index (χ0n) is 12.1. The largest absolute Gasteiger partial charge is 0.462 e. The van der Waals surface area contributed by atoms with Crippen LogP contribution in [0.2, 0.25) is 0 Å². The number of thiocarbonyl (C=S) groups is 1.